The minimum Gasteiger partial charge on any atom is -0.434 e. The number of nitrogens with one attached hydrogen (secondary N) is 1. The van der Waals surface area contributed by atoms with Gasteiger partial charge in [-0.3, -0.25) is 0 Å². The van der Waals surface area contributed by atoms with E-state index in [1.165, 1.54) is 25.1 Å². The molecule has 0 bridgehead atoms. The Kier molecular flexibility index (Phi) is 5.93. The normalized spacial score (nSPS) is 14.5. The predicted molar refractivity (Wildman–Crippen MR) is 67.5 cm³/mol. The number of ether oxygens (including phenoxy) is 1. The summed E-state index contributed by atoms with van der Waals surface area (Å²) in [6, 6.07) is 4.31. The van der Waals surface area contributed by atoms with Crippen LogP contribution in [0.2, 0.25) is 5.02 Å². The summed E-state index contributed by atoms with van der Waals surface area (Å²) in [5, 5.41) is 21.7. The molecular formula is C12H16ClF2NO3. The fraction of sp³-hybridized carbons (Fsp3) is 0.500. The zero-order valence-electron chi connectivity index (χ0n) is 10.4. The van der Waals surface area contributed by atoms with E-state index in [9.17, 15) is 13.9 Å². The lowest BCUT2D eigenvalue weighted by Gasteiger charge is -2.21. The van der Waals surface area contributed by atoms with Crippen LogP contribution < -0.4 is 10.1 Å². The van der Waals surface area contributed by atoms with Gasteiger partial charge in [-0.1, -0.05) is 11.6 Å². The molecule has 0 aliphatic carbocycles. The van der Waals surface area contributed by atoms with Crippen molar-refractivity contribution in [3.8, 4) is 5.75 Å². The molecule has 0 fully saturated rings. The van der Waals surface area contributed by atoms with Crippen molar-refractivity contribution in [2.24, 2.45) is 0 Å². The summed E-state index contributed by atoms with van der Waals surface area (Å²) in [6.45, 7) is -1.59. The summed E-state index contributed by atoms with van der Waals surface area (Å²) in [5.74, 6) is 0.0236. The highest BCUT2D eigenvalue weighted by molar-refractivity contribution is 6.30. The number of aliphatic hydroxyl groups excluding tert-OH is 1. The lowest BCUT2D eigenvalue weighted by atomic mass is 10.1. The molecule has 0 aromatic heterocycles. The van der Waals surface area contributed by atoms with Crippen LogP contribution in [0, 0.1) is 0 Å². The molecule has 7 heteroatoms. The van der Waals surface area contributed by atoms with Gasteiger partial charge in [0.2, 0.25) is 0 Å². The molecule has 1 aromatic carbocycles. The zero-order chi connectivity index (χ0) is 14.5. The Hall–Kier alpha value is -0.950. The van der Waals surface area contributed by atoms with Gasteiger partial charge in [0.25, 0.3) is 0 Å². The van der Waals surface area contributed by atoms with Crippen LogP contribution in [0.25, 0.3) is 0 Å². The quantitative estimate of drug-likeness (QED) is 0.717. The lowest BCUT2D eigenvalue weighted by Crippen LogP contribution is -2.40. The van der Waals surface area contributed by atoms with E-state index in [0.29, 0.717) is 10.6 Å². The molecule has 4 nitrogen and oxygen atoms in total. The molecule has 1 unspecified atom stereocenters. The van der Waals surface area contributed by atoms with Gasteiger partial charge in [-0.15, -0.1) is 0 Å². The maximum Gasteiger partial charge on any atom is 0.387 e. The van der Waals surface area contributed by atoms with Crippen LogP contribution in [-0.2, 0) is 6.54 Å². The van der Waals surface area contributed by atoms with Crippen molar-refractivity contribution in [3.05, 3.63) is 28.8 Å². The topological polar surface area (TPSA) is 61.7 Å². The van der Waals surface area contributed by atoms with Gasteiger partial charge in [0.1, 0.15) is 5.75 Å². The first-order chi connectivity index (χ1) is 8.84. The smallest absolute Gasteiger partial charge is 0.387 e. The number of halogens is 3. The largest absolute Gasteiger partial charge is 0.434 e. The first-order valence-electron chi connectivity index (χ1n) is 5.61. The molecule has 0 aliphatic heterocycles. The first-order valence-corrected chi connectivity index (χ1v) is 5.99. The molecule has 1 rings (SSSR count). The minimum absolute atomic E-state index is 0.0236. The zero-order valence-corrected chi connectivity index (χ0v) is 11.1. The van der Waals surface area contributed by atoms with Crippen LogP contribution in [0.15, 0.2) is 18.2 Å². The van der Waals surface area contributed by atoms with E-state index >= 15 is 0 Å². The van der Waals surface area contributed by atoms with Crippen LogP contribution in [0.5, 0.6) is 5.75 Å². The standard InChI is InChI=1S/C12H16ClF2NO3/c1-12(18,7-17)6-16-5-8-4-9(13)2-3-10(8)19-11(14)15/h2-4,11,16-18H,5-7H2,1H3. The summed E-state index contributed by atoms with van der Waals surface area (Å²) >= 11 is 5.79. The Balaban J connectivity index is 2.68. The third-order valence-electron chi connectivity index (χ3n) is 2.40. The van der Waals surface area contributed by atoms with E-state index in [2.05, 4.69) is 10.1 Å². The average Bonchev–Trinajstić information content (AvgIpc) is 2.32. The second-order valence-corrected chi connectivity index (χ2v) is 4.83. The highest BCUT2D eigenvalue weighted by atomic mass is 35.5. The van der Waals surface area contributed by atoms with E-state index in [1.807, 2.05) is 0 Å². The molecule has 1 aromatic rings. The summed E-state index contributed by atoms with van der Waals surface area (Å²) in [7, 11) is 0. The molecule has 0 amide bonds. The van der Waals surface area contributed by atoms with E-state index in [0.717, 1.165) is 0 Å². The van der Waals surface area contributed by atoms with Crippen molar-refractivity contribution >= 4 is 11.6 Å². The fourth-order valence-corrected chi connectivity index (χ4v) is 1.61. The molecule has 3 N–H and O–H groups in total. The van der Waals surface area contributed by atoms with Gasteiger partial charge in [-0.2, -0.15) is 8.78 Å². The third-order valence-corrected chi connectivity index (χ3v) is 2.64. The Labute approximate surface area is 115 Å². The predicted octanol–water partition coefficient (Wildman–Crippen LogP) is 1.77. The molecule has 0 saturated heterocycles. The molecule has 1 atom stereocenters. The number of benzene rings is 1. The Morgan fingerprint density at radius 2 is 2.16 bits per heavy atom. The number of aliphatic hydroxyl groups is 2. The monoisotopic (exact) mass is 295 g/mol. The van der Waals surface area contributed by atoms with Crippen LogP contribution >= 0.6 is 11.6 Å². The maximum atomic E-state index is 12.2. The third kappa shape index (κ3) is 5.69. The van der Waals surface area contributed by atoms with Gasteiger partial charge in [0.05, 0.1) is 12.2 Å². The summed E-state index contributed by atoms with van der Waals surface area (Å²) in [4.78, 5) is 0. The van der Waals surface area contributed by atoms with Gasteiger partial charge in [0, 0.05) is 23.7 Å². The minimum atomic E-state index is -2.92. The number of rotatable bonds is 7. The van der Waals surface area contributed by atoms with Crippen molar-refractivity contribution < 1.29 is 23.7 Å². The van der Waals surface area contributed by atoms with Crippen LogP contribution in [0.4, 0.5) is 8.78 Å². The lowest BCUT2D eigenvalue weighted by molar-refractivity contribution is -0.0506. The first kappa shape index (κ1) is 16.1. The van der Waals surface area contributed by atoms with Crippen molar-refractivity contribution in [1.82, 2.24) is 5.32 Å². The number of alkyl halides is 2. The fourth-order valence-electron chi connectivity index (χ4n) is 1.42. The molecule has 0 spiro atoms. The van der Waals surface area contributed by atoms with Crippen LogP contribution in [0.3, 0.4) is 0 Å². The van der Waals surface area contributed by atoms with E-state index in [-0.39, 0.29) is 18.8 Å². The van der Waals surface area contributed by atoms with Gasteiger partial charge >= 0.3 is 6.61 Å². The second kappa shape index (κ2) is 7.00. The summed E-state index contributed by atoms with van der Waals surface area (Å²) in [5.41, 5.74) is -0.830. The number of hydrogen-bond donors (Lipinski definition) is 3. The maximum absolute atomic E-state index is 12.2. The summed E-state index contributed by atoms with van der Waals surface area (Å²) < 4.78 is 28.8. The van der Waals surface area contributed by atoms with Crippen LogP contribution in [-0.4, -0.2) is 35.6 Å². The second-order valence-electron chi connectivity index (χ2n) is 4.39. The van der Waals surface area contributed by atoms with Gasteiger partial charge < -0.3 is 20.3 Å². The molecule has 0 aliphatic rings. The molecule has 0 radical (unpaired) electrons. The summed E-state index contributed by atoms with van der Waals surface area (Å²) in [6.07, 6.45) is 0. The Morgan fingerprint density at radius 1 is 1.47 bits per heavy atom. The van der Waals surface area contributed by atoms with Crippen molar-refractivity contribution in [1.29, 1.82) is 0 Å². The van der Waals surface area contributed by atoms with Gasteiger partial charge in [0.15, 0.2) is 0 Å². The van der Waals surface area contributed by atoms with E-state index < -0.39 is 18.8 Å². The molecule has 19 heavy (non-hydrogen) atoms. The van der Waals surface area contributed by atoms with E-state index in [1.54, 1.807) is 0 Å². The number of hydrogen-bond acceptors (Lipinski definition) is 4. The highest BCUT2D eigenvalue weighted by Crippen LogP contribution is 2.24. The van der Waals surface area contributed by atoms with Gasteiger partial charge in [-0.25, -0.2) is 0 Å². The van der Waals surface area contributed by atoms with Crippen LogP contribution in [0.1, 0.15) is 12.5 Å². The Morgan fingerprint density at radius 3 is 2.74 bits per heavy atom. The van der Waals surface area contributed by atoms with Crippen molar-refractivity contribution in [3.63, 3.8) is 0 Å². The molecular weight excluding hydrogens is 280 g/mol. The highest BCUT2D eigenvalue weighted by Gasteiger charge is 2.18. The Bertz CT molecular complexity index is 416. The average molecular weight is 296 g/mol. The van der Waals surface area contributed by atoms with E-state index in [4.69, 9.17) is 16.7 Å². The van der Waals surface area contributed by atoms with Gasteiger partial charge in [-0.05, 0) is 25.1 Å². The molecule has 0 saturated carbocycles. The van der Waals surface area contributed by atoms with Crippen molar-refractivity contribution in [2.45, 2.75) is 25.7 Å². The SMILES string of the molecule is CC(O)(CO)CNCc1cc(Cl)ccc1OC(F)F. The molecule has 108 valence electrons. The molecule has 0 heterocycles. The van der Waals surface area contributed by atoms with Crippen molar-refractivity contribution in [2.75, 3.05) is 13.2 Å².